The maximum absolute atomic E-state index is 11.8. The summed E-state index contributed by atoms with van der Waals surface area (Å²) in [4.78, 5) is 25.1. The number of carboxylic acid groups (broad SMARTS) is 1. The molecule has 1 heterocycles. The van der Waals surface area contributed by atoms with Crippen LogP contribution in [0.5, 0.6) is 5.75 Å². The zero-order chi connectivity index (χ0) is 13.8. The van der Waals surface area contributed by atoms with Crippen LogP contribution in [-0.4, -0.2) is 35.6 Å². The molecular formula is C13H14N2O4. The fourth-order valence-corrected chi connectivity index (χ4v) is 1.74. The fourth-order valence-electron chi connectivity index (χ4n) is 1.74. The summed E-state index contributed by atoms with van der Waals surface area (Å²) in [5.74, 6) is -0.553. The zero-order valence-corrected chi connectivity index (χ0v) is 10.4. The molecule has 1 aromatic carbocycles. The Kier molecular flexibility index (Phi) is 3.70. The monoisotopic (exact) mass is 262 g/mol. The molecule has 0 aliphatic carbocycles. The number of ether oxygens (including phenoxy) is 1. The predicted molar refractivity (Wildman–Crippen MR) is 69.4 cm³/mol. The van der Waals surface area contributed by atoms with E-state index in [0.29, 0.717) is 11.4 Å². The van der Waals surface area contributed by atoms with Crippen molar-refractivity contribution in [3.05, 3.63) is 30.0 Å². The molecule has 0 radical (unpaired) electrons. The van der Waals surface area contributed by atoms with Crippen LogP contribution in [0, 0.1) is 0 Å². The summed E-state index contributed by atoms with van der Waals surface area (Å²) in [5, 5.41) is 11.9. The molecular weight excluding hydrogens is 248 g/mol. The number of nitrogens with one attached hydrogen (secondary N) is 2. The van der Waals surface area contributed by atoms with E-state index in [2.05, 4.69) is 10.3 Å². The first-order valence-electron chi connectivity index (χ1n) is 5.77. The minimum absolute atomic E-state index is 0.0974. The second-order valence-electron chi connectivity index (χ2n) is 4.04. The SMILES string of the molecule is COc1ccc2[nH]c(C(=O)NCCC(=O)O)cc2c1. The number of aliphatic carboxylic acids is 1. The van der Waals surface area contributed by atoms with Gasteiger partial charge in [-0.2, -0.15) is 0 Å². The first-order chi connectivity index (χ1) is 9.10. The van der Waals surface area contributed by atoms with E-state index in [-0.39, 0.29) is 18.9 Å². The van der Waals surface area contributed by atoms with E-state index in [9.17, 15) is 9.59 Å². The summed E-state index contributed by atoms with van der Waals surface area (Å²) < 4.78 is 5.10. The number of benzene rings is 1. The molecule has 3 N–H and O–H groups in total. The Morgan fingerprint density at radius 1 is 1.37 bits per heavy atom. The predicted octanol–water partition coefficient (Wildman–Crippen LogP) is 1.38. The molecule has 1 amide bonds. The zero-order valence-electron chi connectivity index (χ0n) is 10.4. The van der Waals surface area contributed by atoms with Crippen molar-refractivity contribution in [3.63, 3.8) is 0 Å². The van der Waals surface area contributed by atoms with E-state index >= 15 is 0 Å². The van der Waals surface area contributed by atoms with Gasteiger partial charge in [-0.05, 0) is 24.3 Å². The number of hydrogen-bond acceptors (Lipinski definition) is 3. The third kappa shape index (κ3) is 3.04. The van der Waals surface area contributed by atoms with Crippen LogP contribution in [0.3, 0.4) is 0 Å². The van der Waals surface area contributed by atoms with Gasteiger partial charge in [-0.25, -0.2) is 0 Å². The second kappa shape index (κ2) is 5.43. The second-order valence-corrected chi connectivity index (χ2v) is 4.04. The summed E-state index contributed by atoms with van der Waals surface area (Å²) >= 11 is 0. The number of hydrogen-bond donors (Lipinski definition) is 3. The van der Waals surface area contributed by atoms with Gasteiger partial charge in [0.15, 0.2) is 0 Å². The number of carbonyl (C=O) groups is 2. The molecule has 19 heavy (non-hydrogen) atoms. The van der Waals surface area contributed by atoms with E-state index in [0.717, 1.165) is 10.9 Å². The van der Waals surface area contributed by atoms with Crippen molar-refractivity contribution < 1.29 is 19.4 Å². The number of aromatic nitrogens is 1. The average molecular weight is 262 g/mol. The van der Waals surface area contributed by atoms with Crippen molar-refractivity contribution in [3.8, 4) is 5.75 Å². The Morgan fingerprint density at radius 2 is 2.16 bits per heavy atom. The Hall–Kier alpha value is -2.50. The Balaban J connectivity index is 2.12. The van der Waals surface area contributed by atoms with E-state index in [1.54, 1.807) is 19.2 Å². The van der Waals surface area contributed by atoms with Gasteiger partial charge in [-0.3, -0.25) is 9.59 Å². The highest BCUT2D eigenvalue weighted by Crippen LogP contribution is 2.21. The van der Waals surface area contributed by atoms with Gasteiger partial charge in [0.05, 0.1) is 13.5 Å². The normalized spacial score (nSPS) is 10.4. The third-order valence-electron chi connectivity index (χ3n) is 2.70. The molecule has 2 rings (SSSR count). The van der Waals surface area contributed by atoms with Crippen molar-refractivity contribution in [2.75, 3.05) is 13.7 Å². The van der Waals surface area contributed by atoms with Crippen LogP contribution in [0.25, 0.3) is 10.9 Å². The molecule has 0 spiro atoms. The molecule has 100 valence electrons. The van der Waals surface area contributed by atoms with Crippen LogP contribution in [-0.2, 0) is 4.79 Å². The van der Waals surface area contributed by atoms with Gasteiger partial charge in [0.2, 0.25) is 0 Å². The molecule has 0 atom stereocenters. The first-order valence-corrected chi connectivity index (χ1v) is 5.77. The standard InChI is InChI=1S/C13H14N2O4/c1-19-9-2-3-10-8(6-9)7-11(15-10)13(18)14-5-4-12(16)17/h2-3,6-7,15H,4-5H2,1H3,(H,14,18)(H,16,17). The minimum atomic E-state index is -0.943. The van der Waals surface area contributed by atoms with Gasteiger partial charge in [0.1, 0.15) is 11.4 Å². The van der Waals surface area contributed by atoms with Crippen LogP contribution >= 0.6 is 0 Å². The molecule has 6 heteroatoms. The van der Waals surface area contributed by atoms with E-state index < -0.39 is 5.97 Å². The summed E-state index contributed by atoms with van der Waals surface area (Å²) in [6.07, 6.45) is -0.0974. The molecule has 6 nitrogen and oxygen atoms in total. The number of carboxylic acids is 1. The van der Waals surface area contributed by atoms with Crippen LogP contribution < -0.4 is 10.1 Å². The van der Waals surface area contributed by atoms with Gasteiger partial charge < -0.3 is 20.1 Å². The number of fused-ring (bicyclic) bond motifs is 1. The highest BCUT2D eigenvalue weighted by atomic mass is 16.5. The van der Waals surface area contributed by atoms with E-state index in [1.807, 2.05) is 12.1 Å². The minimum Gasteiger partial charge on any atom is -0.497 e. The number of methoxy groups -OCH3 is 1. The van der Waals surface area contributed by atoms with Crippen molar-refractivity contribution in [2.24, 2.45) is 0 Å². The van der Waals surface area contributed by atoms with Gasteiger partial charge in [-0.1, -0.05) is 0 Å². The molecule has 0 bridgehead atoms. The highest BCUT2D eigenvalue weighted by molar-refractivity contribution is 5.98. The van der Waals surface area contributed by atoms with Gasteiger partial charge in [0, 0.05) is 17.4 Å². The van der Waals surface area contributed by atoms with Crippen molar-refractivity contribution in [2.45, 2.75) is 6.42 Å². The van der Waals surface area contributed by atoms with Crippen LogP contribution in [0.1, 0.15) is 16.9 Å². The molecule has 1 aromatic heterocycles. The highest BCUT2D eigenvalue weighted by Gasteiger charge is 2.10. The molecule has 0 aliphatic rings. The molecule has 0 aliphatic heterocycles. The van der Waals surface area contributed by atoms with E-state index in [4.69, 9.17) is 9.84 Å². The lowest BCUT2D eigenvalue weighted by molar-refractivity contribution is -0.136. The lowest BCUT2D eigenvalue weighted by atomic mass is 10.2. The molecule has 0 unspecified atom stereocenters. The fraction of sp³-hybridized carbons (Fsp3) is 0.231. The first kappa shape index (κ1) is 12.9. The van der Waals surface area contributed by atoms with Gasteiger partial charge in [-0.15, -0.1) is 0 Å². The molecule has 0 fully saturated rings. The topological polar surface area (TPSA) is 91.4 Å². The summed E-state index contributed by atoms with van der Waals surface area (Å²) in [7, 11) is 1.58. The van der Waals surface area contributed by atoms with E-state index in [1.165, 1.54) is 0 Å². The Morgan fingerprint density at radius 3 is 2.84 bits per heavy atom. The number of amides is 1. The van der Waals surface area contributed by atoms with Gasteiger partial charge >= 0.3 is 5.97 Å². The molecule has 2 aromatic rings. The largest absolute Gasteiger partial charge is 0.497 e. The quantitative estimate of drug-likeness (QED) is 0.759. The number of H-pyrrole nitrogens is 1. The smallest absolute Gasteiger partial charge is 0.305 e. The Labute approximate surface area is 109 Å². The van der Waals surface area contributed by atoms with Crippen molar-refractivity contribution in [1.29, 1.82) is 0 Å². The average Bonchev–Trinajstić information content (AvgIpc) is 2.80. The lowest BCUT2D eigenvalue weighted by Crippen LogP contribution is -2.26. The number of carbonyl (C=O) groups excluding carboxylic acids is 1. The molecule has 0 saturated carbocycles. The third-order valence-corrected chi connectivity index (χ3v) is 2.70. The number of rotatable bonds is 5. The Bertz CT molecular complexity index is 618. The van der Waals surface area contributed by atoms with Gasteiger partial charge in [0.25, 0.3) is 5.91 Å². The lowest BCUT2D eigenvalue weighted by Gasteiger charge is -2.00. The molecule has 0 saturated heterocycles. The van der Waals surface area contributed by atoms with Crippen LogP contribution in [0.2, 0.25) is 0 Å². The van der Waals surface area contributed by atoms with Crippen molar-refractivity contribution in [1.82, 2.24) is 10.3 Å². The number of aromatic amines is 1. The summed E-state index contributed by atoms with van der Waals surface area (Å²) in [6.45, 7) is 0.104. The van der Waals surface area contributed by atoms with Crippen LogP contribution in [0.4, 0.5) is 0 Å². The summed E-state index contributed by atoms with van der Waals surface area (Å²) in [5.41, 5.74) is 1.22. The van der Waals surface area contributed by atoms with Crippen molar-refractivity contribution >= 4 is 22.8 Å². The summed E-state index contributed by atoms with van der Waals surface area (Å²) in [6, 6.07) is 7.14. The maximum atomic E-state index is 11.8. The van der Waals surface area contributed by atoms with Crippen LogP contribution in [0.15, 0.2) is 24.3 Å². The maximum Gasteiger partial charge on any atom is 0.305 e.